The average Bonchev–Trinajstić information content (AvgIpc) is 3.19. The molecule has 0 bridgehead atoms. The third kappa shape index (κ3) is 5.08. The molecule has 0 saturated heterocycles. The van der Waals surface area contributed by atoms with Gasteiger partial charge in [-0.25, -0.2) is 4.68 Å². The third-order valence-electron chi connectivity index (χ3n) is 5.06. The normalized spacial score (nSPS) is 13.1. The van der Waals surface area contributed by atoms with E-state index < -0.39 is 0 Å². The monoisotopic (exact) mass is 392 g/mol. The Morgan fingerprint density at radius 3 is 2.28 bits per heavy atom. The van der Waals surface area contributed by atoms with Gasteiger partial charge in [0.25, 0.3) is 0 Å². The van der Waals surface area contributed by atoms with E-state index in [9.17, 15) is 0 Å². The molecular formula is C23H32N6. The zero-order chi connectivity index (χ0) is 21.0. The molecule has 0 amide bonds. The standard InChI is InChI=1S/C23H32N6/c1-16(2)19-9-11-20(12-10-19)21(22-26-27-28-29(22)23(3,4)5)25-15-18-8-6-7-17(13-18)14-24/h6-13,16,21,25H,14-15,24H2,1-5H3. The van der Waals surface area contributed by atoms with Crippen LogP contribution >= 0.6 is 0 Å². The molecule has 2 aromatic carbocycles. The highest BCUT2D eigenvalue weighted by Crippen LogP contribution is 2.26. The molecule has 154 valence electrons. The van der Waals surface area contributed by atoms with Crippen LogP contribution in [0.15, 0.2) is 48.5 Å². The summed E-state index contributed by atoms with van der Waals surface area (Å²) in [7, 11) is 0. The summed E-state index contributed by atoms with van der Waals surface area (Å²) in [6, 6.07) is 16.9. The number of nitrogens with two attached hydrogens (primary N) is 1. The summed E-state index contributed by atoms with van der Waals surface area (Å²) in [5.41, 5.74) is 10.4. The number of tetrazole rings is 1. The summed E-state index contributed by atoms with van der Waals surface area (Å²) >= 11 is 0. The van der Waals surface area contributed by atoms with Crippen molar-refractivity contribution in [2.24, 2.45) is 5.73 Å². The van der Waals surface area contributed by atoms with Crippen molar-refractivity contribution < 1.29 is 0 Å². The molecule has 29 heavy (non-hydrogen) atoms. The van der Waals surface area contributed by atoms with Gasteiger partial charge in [-0.3, -0.25) is 5.32 Å². The van der Waals surface area contributed by atoms with E-state index in [1.54, 1.807) is 0 Å². The highest BCUT2D eigenvalue weighted by atomic mass is 15.6. The van der Waals surface area contributed by atoms with Crippen LogP contribution in [0.25, 0.3) is 0 Å². The Balaban J connectivity index is 1.94. The maximum atomic E-state index is 5.80. The summed E-state index contributed by atoms with van der Waals surface area (Å²) in [5.74, 6) is 1.30. The topological polar surface area (TPSA) is 81.7 Å². The minimum Gasteiger partial charge on any atom is -0.326 e. The van der Waals surface area contributed by atoms with Crippen LogP contribution in [0.3, 0.4) is 0 Å². The van der Waals surface area contributed by atoms with Crippen LogP contribution in [0.1, 0.15) is 74.7 Å². The van der Waals surface area contributed by atoms with Crippen LogP contribution < -0.4 is 11.1 Å². The van der Waals surface area contributed by atoms with Crippen molar-refractivity contribution in [3.8, 4) is 0 Å². The summed E-state index contributed by atoms with van der Waals surface area (Å²) in [4.78, 5) is 0. The zero-order valence-electron chi connectivity index (χ0n) is 18.1. The van der Waals surface area contributed by atoms with E-state index in [1.165, 1.54) is 11.1 Å². The van der Waals surface area contributed by atoms with Gasteiger partial charge in [-0.1, -0.05) is 62.4 Å². The van der Waals surface area contributed by atoms with Crippen molar-refractivity contribution in [2.75, 3.05) is 0 Å². The molecule has 6 nitrogen and oxygen atoms in total. The Morgan fingerprint density at radius 2 is 1.66 bits per heavy atom. The molecule has 3 aromatic rings. The minimum atomic E-state index is -0.212. The van der Waals surface area contributed by atoms with Crippen molar-refractivity contribution >= 4 is 0 Å². The van der Waals surface area contributed by atoms with Crippen LogP contribution in [0.5, 0.6) is 0 Å². The highest BCUT2D eigenvalue weighted by Gasteiger charge is 2.26. The molecule has 0 saturated carbocycles. The number of nitrogens with zero attached hydrogens (tertiary/aromatic N) is 4. The second-order valence-corrected chi connectivity index (χ2v) is 8.78. The molecule has 0 spiro atoms. The van der Waals surface area contributed by atoms with Gasteiger partial charge in [-0.05, 0) is 59.4 Å². The highest BCUT2D eigenvalue weighted by molar-refractivity contribution is 5.31. The first kappa shape index (κ1) is 21.1. The Labute approximate surface area is 173 Å². The van der Waals surface area contributed by atoms with Gasteiger partial charge in [0.1, 0.15) is 0 Å². The second-order valence-electron chi connectivity index (χ2n) is 8.78. The van der Waals surface area contributed by atoms with Crippen molar-refractivity contribution in [2.45, 2.75) is 65.2 Å². The fourth-order valence-electron chi connectivity index (χ4n) is 3.37. The van der Waals surface area contributed by atoms with E-state index in [0.717, 1.165) is 17.0 Å². The lowest BCUT2D eigenvalue weighted by molar-refractivity contribution is 0.325. The Hall–Kier alpha value is -2.57. The Bertz CT molecular complexity index is 921. The molecule has 1 atom stereocenters. The number of benzene rings is 2. The molecule has 0 radical (unpaired) electrons. The molecule has 0 aliphatic carbocycles. The lowest BCUT2D eigenvalue weighted by Crippen LogP contribution is -2.32. The van der Waals surface area contributed by atoms with Crippen molar-refractivity contribution in [1.29, 1.82) is 0 Å². The predicted octanol–water partition coefficient (Wildman–Crippen LogP) is 3.89. The fourth-order valence-corrected chi connectivity index (χ4v) is 3.37. The van der Waals surface area contributed by atoms with Crippen LogP contribution in [-0.2, 0) is 18.6 Å². The van der Waals surface area contributed by atoms with Gasteiger partial charge < -0.3 is 5.73 Å². The molecule has 0 fully saturated rings. The SMILES string of the molecule is CC(C)c1ccc(C(NCc2cccc(CN)c2)c2nnnn2C(C)(C)C)cc1. The number of nitrogens with one attached hydrogen (secondary N) is 1. The van der Waals surface area contributed by atoms with Gasteiger partial charge in [-0.2, -0.15) is 0 Å². The molecule has 1 aromatic heterocycles. The third-order valence-corrected chi connectivity index (χ3v) is 5.06. The molecular weight excluding hydrogens is 360 g/mol. The predicted molar refractivity (Wildman–Crippen MR) is 116 cm³/mol. The summed E-state index contributed by atoms with van der Waals surface area (Å²) in [5, 5.41) is 16.3. The Morgan fingerprint density at radius 1 is 1.00 bits per heavy atom. The van der Waals surface area contributed by atoms with Crippen molar-refractivity contribution in [3.63, 3.8) is 0 Å². The second kappa shape index (κ2) is 8.84. The van der Waals surface area contributed by atoms with E-state index in [-0.39, 0.29) is 11.6 Å². The number of rotatable bonds is 7. The van der Waals surface area contributed by atoms with E-state index in [2.05, 4.69) is 91.9 Å². The maximum Gasteiger partial charge on any atom is 0.173 e. The Kier molecular flexibility index (Phi) is 6.45. The van der Waals surface area contributed by atoms with Gasteiger partial charge in [0.2, 0.25) is 0 Å². The van der Waals surface area contributed by atoms with E-state index in [1.807, 2.05) is 16.8 Å². The van der Waals surface area contributed by atoms with Crippen molar-refractivity contribution in [1.82, 2.24) is 25.5 Å². The molecule has 3 rings (SSSR count). The lowest BCUT2D eigenvalue weighted by atomic mass is 9.98. The maximum absolute atomic E-state index is 5.80. The number of hydrogen-bond acceptors (Lipinski definition) is 5. The average molecular weight is 393 g/mol. The van der Waals surface area contributed by atoms with Crippen LogP contribution in [-0.4, -0.2) is 20.2 Å². The summed E-state index contributed by atoms with van der Waals surface area (Å²) in [6.45, 7) is 12.0. The first-order valence-corrected chi connectivity index (χ1v) is 10.2. The first-order chi connectivity index (χ1) is 13.8. The molecule has 1 heterocycles. The molecule has 0 aliphatic heterocycles. The smallest absolute Gasteiger partial charge is 0.173 e. The van der Waals surface area contributed by atoms with Gasteiger partial charge in [0.05, 0.1) is 11.6 Å². The van der Waals surface area contributed by atoms with E-state index >= 15 is 0 Å². The fraction of sp³-hybridized carbons (Fsp3) is 0.435. The largest absolute Gasteiger partial charge is 0.326 e. The summed E-state index contributed by atoms with van der Waals surface area (Å²) in [6.07, 6.45) is 0. The van der Waals surface area contributed by atoms with Crippen LogP contribution in [0, 0.1) is 0 Å². The zero-order valence-corrected chi connectivity index (χ0v) is 18.1. The molecule has 1 unspecified atom stereocenters. The van der Waals surface area contributed by atoms with Crippen LogP contribution in [0.4, 0.5) is 0 Å². The van der Waals surface area contributed by atoms with E-state index in [0.29, 0.717) is 19.0 Å². The van der Waals surface area contributed by atoms with Crippen LogP contribution in [0.2, 0.25) is 0 Å². The molecule has 3 N–H and O–H groups in total. The molecule has 6 heteroatoms. The van der Waals surface area contributed by atoms with Gasteiger partial charge in [-0.15, -0.1) is 5.10 Å². The molecule has 0 aliphatic rings. The van der Waals surface area contributed by atoms with Gasteiger partial charge in [0, 0.05) is 13.1 Å². The lowest BCUT2D eigenvalue weighted by Gasteiger charge is -2.25. The first-order valence-electron chi connectivity index (χ1n) is 10.2. The minimum absolute atomic E-state index is 0.119. The number of aromatic nitrogens is 4. The van der Waals surface area contributed by atoms with Gasteiger partial charge in [0.15, 0.2) is 5.82 Å². The van der Waals surface area contributed by atoms with E-state index in [4.69, 9.17) is 5.73 Å². The van der Waals surface area contributed by atoms with Gasteiger partial charge >= 0.3 is 0 Å². The number of hydrogen-bond donors (Lipinski definition) is 2. The van der Waals surface area contributed by atoms with Crippen molar-refractivity contribution in [3.05, 3.63) is 76.6 Å². The summed E-state index contributed by atoms with van der Waals surface area (Å²) < 4.78 is 1.90. The quantitative estimate of drug-likeness (QED) is 0.637.